The van der Waals surface area contributed by atoms with Gasteiger partial charge in [0.2, 0.25) is 5.67 Å². The van der Waals surface area contributed by atoms with E-state index in [9.17, 15) is 32.8 Å². The molecule has 0 radical (unpaired) electrons. The van der Waals surface area contributed by atoms with Crippen LogP contribution in [0.3, 0.4) is 0 Å². The van der Waals surface area contributed by atoms with Crippen molar-refractivity contribution in [3.05, 3.63) is 33.4 Å². The number of alkyl halides is 2. The Kier molecular flexibility index (Phi) is 9.09. The molecule has 4 rings (SSSR count). The minimum Gasteiger partial charge on any atom is -0.393 e. The standard InChI is InChI=1S/C13H13IO8.C4H7FO2.C4H5FO2/c1-8(15)19-14(20-9(2)16,21-10(3)17)12-7-5-4-6-11(12)13(18)22-14;2*5-4(1-6)2-7-3-4/h4-7H,1-3H3;6H,1-3H2;1H,2-3H2. The number of hydrogen-bond donors (Lipinski definition) is 1. The molecule has 3 aliphatic heterocycles. The van der Waals surface area contributed by atoms with Crippen LogP contribution in [0, 0.1) is 3.57 Å². The van der Waals surface area contributed by atoms with Crippen LogP contribution in [0.1, 0.15) is 31.1 Å². The Morgan fingerprint density at radius 3 is 1.72 bits per heavy atom. The predicted octanol–water partition coefficient (Wildman–Crippen LogP) is 1.59. The van der Waals surface area contributed by atoms with Gasteiger partial charge in [0.25, 0.3) is 0 Å². The van der Waals surface area contributed by atoms with Crippen LogP contribution in [-0.4, -0.2) is 79.6 Å². The van der Waals surface area contributed by atoms with Gasteiger partial charge in [-0.25, -0.2) is 8.78 Å². The molecule has 0 amide bonds. The molecule has 0 spiro atoms. The van der Waals surface area contributed by atoms with Crippen LogP contribution in [0.5, 0.6) is 0 Å². The van der Waals surface area contributed by atoms with E-state index in [1.165, 1.54) is 18.2 Å². The predicted molar refractivity (Wildman–Crippen MR) is 122 cm³/mol. The molecule has 0 bridgehead atoms. The zero-order valence-corrected chi connectivity index (χ0v) is 21.7. The van der Waals surface area contributed by atoms with Crippen molar-refractivity contribution in [3.63, 3.8) is 0 Å². The number of aldehydes is 1. The molecule has 1 aromatic carbocycles. The summed E-state index contributed by atoms with van der Waals surface area (Å²) in [6.07, 6.45) is 0.288. The van der Waals surface area contributed by atoms with Crippen molar-refractivity contribution in [1.82, 2.24) is 0 Å². The van der Waals surface area contributed by atoms with Crippen molar-refractivity contribution in [2.45, 2.75) is 32.1 Å². The Hall–Kier alpha value is -2.76. The smallest absolute Gasteiger partial charge is 0.211 e. The first-order chi connectivity index (χ1) is 16.7. The summed E-state index contributed by atoms with van der Waals surface area (Å²) in [5.74, 6) is -3.64. The summed E-state index contributed by atoms with van der Waals surface area (Å²) in [5.41, 5.74) is -3.03. The number of carbonyl (C=O) groups excluding carboxylic acids is 5. The van der Waals surface area contributed by atoms with Crippen LogP contribution in [0.4, 0.5) is 8.78 Å². The number of ether oxygens (including phenoxy) is 2. The van der Waals surface area contributed by atoms with Crippen molar-refractivity contribution >= 4 is 48.9 Å². The zero-order chi connectivity index (χ0) is 27.2. The van der Waals surface area contributed by atoms with Gasteiger partial charge in [0, 0.05) is 0 Å². The summed E-state index contributed by atoms with van der Waals surface area (Å²) < 4.78 is 53.8. The Morgan fingerprint density at radius 2 is 1.44 bits per heavy atom. The number of benzene rings is 1. The fourth-order valence-corrected chi connectivity index (χ4v) is 10.4. The quantitative estimate of drug-likeness (QED) is 0.369. The molecule has 1 aromatic rings. The molecule has 202 valence electrons. The molecule has 2 saturated heterocycles. The van der Waals surface area contributed by atoms with Crippen LogP contribution < -0.4 is 0 Å². The second-order valence-corrected chi connectivity index (χ2v) is 14.5. The van der Waals surface area contributed by atoms with Crippen molar-refractivity contribution in [2.75, 3.05) is 33.0 Å². The maximum atomic E-state index is 12.3. The van der Waals surface area contributed by atoms with Gasteiger partial charge < -0.3 is 14.6 Å². The molecule has 3 aliphatic rings. The first-order valence-corrected chi connectivity index (χ1v) is 14.8. The fraction of sp³-hybridized carbons (Fsp3) is 0.476. The number of fused-ring (bicyclic) bond motifs is 1. The summed E-state index contributed by atoms with van der Waals surface area (Å²) in [5, 5.41) is 8.19. The monoisotopic (exact) mass is 634 g/mol. The van der Waals surface area contributed by atoms with Crippen LogP contribution in [0.15, 0.2) is 24.3 Å². The SMILES string of the molecule is CC(=O)OI1(OC(C)=O)(OC(C)=O)OC(=O)c2ccccc21.O=CC1(F)COC1.OCC1(F)COC1. The minimum atomic E-state index is -6.03. The number of carbonyl (C=O) groups is 5. The van der Waals surface area contributed by atoms with E-state index in [-0.39, 0.29) is 41.8 Å². The van der Waals surface area contributed by atoms with Gasteiger partial charge in [-0.3, -0.25) is 4.79 Å². The average Bonchev–Trinajstić information content (AvgIpc) is 2.97. The summed E-state index contributed by atoms with van der Waals surface area (Å²) in [4.78, 5) is 56.4. The average molecular weight is 634 g/mol. The molecule has 1 N–H and O–H groups in total. The van der Waals surface area contributed by atoms with E-state index in [1.54, 1.807) is 6.07 Å². The summed E-state index contributed by atoms with van der Waals surface area (Å²) in [6.45, 7) is 2.66. The third-order valence-electron chi connectivity index (χ3n) is 4.25. The molecule has 0 saturated carbocycles. The zero-order valence-electron chi connectivity index (χ0n) is 19.5. The maximum absolute atomic E-state index is 12.3. The number of rotatable bonds is 5. The molecule has 12 nitrogen and oxygen atoms in total. The molecular weight excluding hydrogens is 609 g/mol. The van der Waals surface area contributed by atoms with Gasteiger partial charge >= 0.3 is 128 Å². The molecular formula is C21H25F2IO12. The van der Waals surface area contributed by atoms with E-state index < -0.39 is 60.5 Å². The van der Waals surface area contributed by atoms with Gasteiger partial charge in [0.05, 0.1) is 33.0 Å². The topological polar surface area (TPSA) is 161 Å². The Morgan fingerprint density at radius 1 is 0.972 bits per heavy atom. The van der Waals surface area contributed by atoms with E-state index in [0.717, 1.165) is 20.8 Å². The van der Waals surface area contributed by atoms with Gasteiger partial charge in [-0.2, -0.15) is 0 Å². The van der Waals surface area contributed by atoms with Crippen LogP contribution in [0.2, 0.25) is 0 Å². The summed E-state index contributed by atoms with van der Waals surface area (Å²) in [6, 6.07) is 5.81. The third kappa shape index (κ3) is 6.51. The van der Waals surface area contributed by atoms with Gasteiger partial charge in [0.1, 0.15) is 0 Å². The number of halogens is 3. The van der Waals surface area contributed by atoms with E-state index in [0.29, 0.717) is 0 Å². The molecule has 2 fully saturated rings. The Bertz CT molecular complexity index is 979. The molecule has 15 heteroatoms. The normalized spacial score (nSPS) is 21.7. The number of hydrogen-bond acceptors (Lipinski definition) is 12. The molecule has 0 unspecified atom stereocenters. The van der Waals surface area contributed by atoms with E-state index in [4.69, 9.17) is 17.4 Å². The first-order valence-electron chi connectivity index (χ1n) is 10.2. The molecule has 0 atom stereocenters. The minimum absolute atomic E-state index is 0.0142. The van der Waals surface area contributed by atoms with Crippen molar-refractivity contribution in [1.29, 1.82) is 0 Å². The van der Waals surface area contributed by atoms with Crippen LogP contribution in [-0.2, 0) is 40.9 Å². The van der Waals surface area contributed by atoms with Gasteiger partial charge in [0.15, 0.2) is 12.0 Å². The summed E-state index contributed by atoms with van der Waals surface area (Å²) in [7, 11) is 0. The largest absolute Gasteiger partial charge is 0.393 e. The second-order valence-electron chi connectivity index (χ2n) is 7.68. The van der Waals surface area contributed by atoms with Crippen LogP contribution in [0.25, 0.3) is 0 Å². The second kappa shape index (κ2) is 11.1. The molecule has 36 heavy (non-hydrogen) atoms. The van der Waals surface area contributed by atoms with Crippen molar-refractivity contribution in [3.8, 4) is 0 Å². The fourth-order valence-electron chi connectivity index (χ4n) is 2.66. The Labute approximate surface area is 206 Å². The molecule has 3 heterocycles. The van der Waals surface area contributed by atoms with E-state index in [2.05, 4.69) is 9.47 Å². The number of aliphatic hydroxyl groups excluding tert-OH is 1. The first kappa shape index (κ1) is 29.5. The molecule has 0 aromatic heterocycles. The Balaban J connectivity index is 0.000000262. The van der Waals surface area contributed by atoms with Crippen molar-refractivity contribution in [2.24, 2.45) is 0 Å². The van der Waals surface area contributed by atoms with Gasteiger partial charge in [-0.05, 0) is 0 Å². The summed E-state index contributed by atoms with van der Waals surface area (Å²) >= 11 is -6.03. The number of aliphatic hydroxyl groups is 1. The van der Waals surface area contributed by atoms with Gasteiger partial charge in [-0.15, -0.1) is 0 Å². The van der Waals surface area contributed by atoms with Crippen LogP contribution >= 0.6 is 18.7 Å². The third-order valence-corrected chi connectivity index (χ3v) is 12.4. The van der Waals surface area contributed by atoms with E-state index >= 15 is 0 Å². The van der Waals surface area contributed by atoms with E-state index in [1.807, 2.05) is 0 Å². The van der Waals surface area contributed by atoms with Crippen molar-refractivity contribution < 1.29 is 59.6 Å². The molecule has 0 aliphatic carbocycles. The maximum Gasteiger partial charge on any atom is 0.211 e. The van der Waals surface area contributed by atoms with Gasteiger partial charge in [-0.1, -0.05) is 0 Å².